The number of aromatic nitrogens is 3. The molecule has 7 nitrogen and oxygen atoms in total. The van der Waals surface area contributed by atoms with E-state index in [9.17, 15) is 4.79 Å². The molecule has 0 radical (unpaired) electrons. The summed E-state index contributed by atoms with van der Waals surface area (Å²) < 4.78 is 1.73. The van der Waals surface area contributed by atoms with E-state index in [1.807, 2.05) is 50.2 Å². The number of halogens is 1. The molecule has 1 aromatic heterocycles. The third-order valence-corrected chi connectivity index (χ3v) is 5.12. The minimum Gasteiger partial charge on any atom is -0.378 e. The first-order valence-electron chi connectivity index (χ1n) is 9.15. The minimum atomic E-state index is -0.391. The second-order valence-electron chi connectivity index (χ2n) is 7.04. The lowest BCUT2D eigenvalue weighted by molar-refractivity contribution is -0.113. The topological polar surface area (TPSA) is 75.1 Å². The molecule has 2 heterocycles. The van der Waals surface area contributed by atoms with Crippen LogP contribution in [0, 0.1) is 0 Å². The lowest BCUT2D eigenvalue weighted by Crippen LogP contribution is -2.31. The average Bonchev–Trinajstić information content (AvgIpc) is 3.16. The van der Waals surface area contributed by atoms with Gasteiger partial charge < -0.3 is 15.5 Å². The molecule has 0 bridgehead atoms. The van der Waals surface area contributed by atoms with Crippen molar-refractivity contribution in [3.05, 3.63) is 76.7 Å². The summed E-state index contributed by atoms with van der Waals surface area (Å²) in [7, 11) is 3.98. The molecule has 148 valence electrons. The van der Waals surface area contributed by atoms with Crippen LogP contribution in [0.1, 0.15) is 18.5 Å². The van der Waals surface area contributed by atoms with E-state index in [1.165, 1.54) is 6.33 Å². The number of hydrogen-bond acceptors (Lipinski definition) is 5. The molecule has 0 saturated carbocycles. The average molecular weight is 409 g/mol. The van der Waals surface area contributed by atoms with E-state index >= 15 is 0 Å². The molecule has 1 aliphatic rings. The summed E-state index contributed by atoms with van der Waals surface area (Å²) in [5, 5.41) is 11.1. The van der Waals surface area contributed by atoms with Gasteiger partial charge in [-0.05, 0) is 48.9 Å². The maximum Gasteiger partial charge on any atom is 0.255 e. The van der Waals surface area contributed by atoms with Gasteiger partial charge in [0.2, 0.25) is 5.95 Å². The van der Waals surface area contributed by atoms with Crippen LogP contribution in [0.15, 0.2) is 66.1 Å². The number of benzene rings is 2. The van der Waals surface area contributed by atoms with Crippen molar-refractivity contribution >= 4 is 34.8 Å². The summed E-state index contributed by atoms with van der Waals surface area (Å²) in [6, 6.07) is 14.7. The first-order valence-corrected chi connectivity index (χ1v) is 9.53. The highest BCUT2D eigenvalue weighted by atomic mass is 35.5. The van der Waals surface area contributed by atoms with Crippen LogP contribution < -0.4 is 15.5 Å². The fourth-order valence-electron chi connectivity index (χ4n) is 3.38. The van der Waals surface area contributed by atoms with Crippen molar-refractivity contribution in [3.63, 3.8) is 0 Å². The SMILES string of the molecule is CC1=C(C(=O)Nc2ccc(Cl)cc2)C(c2ccc(N(C)C)cc2)n2ncnc2N1. The number of fused-ring (bicyclic) bond motifs is 1. The number of nitrogens with one attached hydrogen (secondary N) is 2. The molecule has 0 aliphatic carbocycles. The van der Waals surface area contributed by atoms with E-state index in [4.69, 9.17) is 11.6 Å². The number of carbonyl (C=O) groups excluding carboxylic acids is 1. The number of amides is 1. The van der Waals surface area contributed by atoms with Crippen LogP contribution in [0.25, 0.3) is 0 Å². The number of carbonyl (C=O) groups is 1. The Morgan fingerprint density at radius 1 is 1.14 bits per heavy atom. The highest BCUT2D eigenvalue weighted by Gasteiger charge is 2.33. The smallest absolute Gasteiger partial charge is 0.255 e. The minimum absolute atomic E-state index is 0.208. The summed E-state index contributed by atoms with van der Waals surface area (Å²) in [6.07, 6.45) is 1.48. The van der Waals surface area contributed by atoms with Crippen molar-refractivity contribution in [2.24, 2.45) is 0 Å². The zero-order valence-electron chi connectivity index (χ0n) is 16.3. The van der Waals surface area contributed by atoms with Crippen LogP contribution in [0.5, 0.6) is 0 Å². The number of rotatable bonds is 4. The molecule has 4 rings (SSSR count). The number of anilines is 3. The van der Waals surface area contributed by atoms with Crippen LogP contribution in [0.3, 0.4) is 0 Å². The number of hydrogen-bond donors (Lipinski definition) is 2. The summed E-state index contributed by atoms with van der Waals surface area (Å²) in [4.78, 5) is 19.5. The maximum atomic E-state index is 13.2. The Hall–Kier alpha value is -3.32. The molecular weight excluding hydrogens is 388 g/mol. The Kier molecular flexibility index (Phi) is 4.98. The lowest BCUT2D eigenvalue weighted by Gasteiger charge is -2.29. The molecule has 8 heteroatoms. The monoisotopic (exact) mass is 408 g/mol. The van der Waals surface area contributed by atoms with Gasteiger partial charge in [-0.15, -0.1) is 0 Å². The summed E-state index contributed by atoms with van der Waals surface area (Å²) in [5.41, 5.74) is 4.01. The quantitative estimate of drug-likeness (QED) is 0.684. The molecule has 2 aromatic carbocycles. The molecule has 2 N–H and O–H groups in total. The van der Waals surface area contributed by atoms with Crippen LogP contribution in [-0.4, -0.2) is 34.8 Å². The van der Waals surface area contributed by atoms with Crippen molar-refractivity contribution in [1.29, 1.82) is 0 Å². The standard InChI is InChI=1S/C21H21ClN6O/c1-13-18(20(29)26-16-8-6-15(22)7-9-16)19(28-21(25-13)23-12-24-28)14-4-10-17(11-5-14)27(2)3/h4-12,19H,1-3H3,(H,26,29)(H,23,24,25). The predicted octanol–water partition coefficient (Wildman–Crippen LogP) is 3.93. The molecule has 1 amide bonds. The Morgan fingerprint density at radius 3 is 2.48 bits per heavy atom. The first kappa shape index (κ1) is 19.0. The zero-order chi connectivity index (χ0) is 20.5. The van der Waals surface area contributed by atoms with Gasteiger partial charge in [0.25, 0.3) is 5.91 Å². The molecule has 1 atom stereocenters. The fraction of sp³-hybridized carbons (Fsp3) is 0.190. The van der Waals surface area contributed by atoms with E-state index in [0.717, 1.165) is 16.9 Å². The largest absolute Gasteiger partial charge is 0.378 e. The van der Waals surface area contributed by atoms with Crippen LogP contribution in [0.4, 0.5) is 17.3 Å². The van der Waals surface area contributed by atoms with Gasteiger partial charge in [0, 0.05) is 36.2 Å². The first-order chi connectivity index (χ1) is 13.9. The lowest BCUT2D eigenvalue weighted by atomic mass is 9.94. The fourth-order valence-corrected chi connectivity index (χ4v) is 3.51. The zero-order valence-corrected chi connectivity index (χ0v) is 17.1. The highest BCUT2D eigenvalue weighted by molar-refractivity contribution is 6.30. The molecular formula is C21H21ClN6O. The van der Waals surface area contributed by atoms with E-state index in [-0.39, 0.29) is 5.91 Å². The van der Waals surface area contributed by atoms with Crippen LogP contribution in [-0.2, 0) is 4.79 Å². The predicted molar refractivity (Wildman–Crippen MR) is 115 cm³/mol. The highest BCUT2D eigenvalue weighted by Crippen LogP contribution is 2.35. The van der Waals surface area contributed by atoms with Gasteiger partial charge in [0.05, 0.1) is 5.57 Å². The van der Waals surface area contributed by atoms with Crippen LogP contribution in [0.2, 0.25) is 5.02 Å². The van der Waals surface area contributed by atoms with Crippen molar-refractivity contribution < 1.29 is 4.79 Å². The summed E-state index contributed by atoms with van der Waals surface area (Å²) in [6.45, 7) is 1.87. The second-order valence-corrected chi connectivity index (χ2v) is 7.48. The van der Waals surface area contributed by atoms with Gasteiger partial charge in [-0.3, -0.25) is 4.79 Å². The molecule has 0 fully saturated rings. The second kappa shape index (κ2) is 7.60. The normalized spacial score (nSPS) is 15.5. The van der Waals surface area contributed by atoms with Gasteiger partial charge >= 0.3 is 0 Å². The Labute approximate surface area is 174 Å². The number of nitrogens with zero attached hydrogens (tertiary/aromatic N) is 4. The summed E-state index contributed by atoms with van der Waals surface area (Å²) >= 11 is 5.95. The van der Waals surface area contributed by atoms with E-state index in [0.29, 0.717) is 22.2 Å². The Balaban J connectivity index is 1.73. The van der Waals surface area contributed by atoms with Gasteiger partial charge in [0.15, 0.2) is 0 Å². The van der Waals surface area contributed by atoms with Crippen LogP contribution >= 0.6 is 11.6 Å². The third kappa shape index (κ3) is 3.69. The molecule has 3 aromatic rings. The molecule has 1 unspecified atom stereocenters. The van der Waals surface area contributed by atoms with Gasteiger partial charge in [-0.1, -0.05) is 23.7 Å². The summed E-state index contributed by atoms with van der Waals surface area (Å²) in [5.74, 6) is 0.396. The van der Waals surface area contributed by atoms with Gasteiger partial charge in [-0.25, -0.2) is 4.68 Å². The van der Waals surface area contributed by atoms with Crippen molar-refractivity contribution in [2.45, 2.75) is 13.0 Å². The molecule has 29 heavy (non-hydrogen) atoms. The van der Waals surface area contributed by atoms with E-state index in [2.05, 4.69) is 20.7 Å². The Morgan fingerprint density at radius 2 is 1.83 bits per heavy atom. The van der Waals surface area contributed by atoms with E-state index in [1.54, 1.807) is 28.9 Å². The Bertz CT molecular complexity index is 1070. The van der Waals surface area contributed by atoms with Crippen molar-refractivity contribution in [2.75, 3.05) is 29.6 Å². The van der Waals surface area contributed by atoms with Crippen molar-refractivity contribution in [3.8, 4) is 0 Å². The van der Waals surface area contributed by atoms with Crippen molar-refractivity contribution in [1.82, 2.24) is 14.8 Å². The molecule has 0 saturated heterocycles. The van der Waals surface area contributed by atoms with E-state index < -0.39 is 6.04 Å². The molecule has 1 aliphatic heterocycles. The van der Waals surface area contributed by atoms with Gasteiger partial charge in [0.1, 0.15) is 12.4 Å². The maximum absolute atomic E-state index is 13.2. The van der Waals surface area contributed by atoms with Gasteiger partial charge in [-0.2, -0.15) is 10.1 Å². The number of allylic oxidation sites excluding steroid dienone is 1. The third-order valence-electron chi connectivity index (χ3n) is 4.87. The molecule has 0 spiro atoms.